The smallest absolute Gasteiger partial charge is 0.308 e. The number of likely N-dealkylation sites (tertiary alicyclic amines) is 1. The highest BCUT2D eigenvalue weighted by Crippen LogP contribution is 2.18. The molecule has 6 nitrogen and oxygen atoms in total. The zero-order valence-electron chi connectivity index (χ0n) is 12.9. The largest absolute Gasteiger partial charge is 0.469 e. The van der Waals surface area contributed by atoms with Gasteiger partial charge < -0.3 is 19.3 Å². The van der Waals surface area contributed by atoms with Crippen molar-refractivity contribution in [2.24, 2.45) is 5.92 Å². The number of hydrogen-bond donors (Lipinski definition) is 0. The maximum absolute atomic E-state index is 12.0. The topological polar surface area (TPSA) is 59.1 Å². The van der Waals surface area contributed by atoms with Crippen molar-refractivity contribution in [1.29, 1.82) is 0 Å². The van der Waals surface area contributed by atoms with Crippen molar-refractivity contribution in [2.45, 2.75) is 25.7 Å². The summed E-state index contributed by atoms with van der Waals surface area (Å²) >= 11 is 0. The van der Waals surface area contributed by atoms with Gasteiger partial charge in [0.2, 0.25) is 5.91 Å². The van der Waals surface area contributed by atoms with Crippen molar-refractivity contribution in [1.82, 2.24) is 9.80 Å². The maximum atomic E-state index is 12.0. The number of nitrogens with zero attached hydrogens (tertiary/aromatic N) is 2. The van der Waals surface area contributed by atoms with Gasteiger partial charge in [-0.25, -0.2) is 0 Å². The van der Waals surface area contributed by atoms with E-state index in [1.807, 2.05) is 4.90 Å². The molecule has 0 bridgehead atoms. The summed E-state index contributed by atoms with van der Waals surface area (Å²) in [5, 5.41) is 0. The van der Waals surface area contributed by atoms with E-state index >= 15 is 0 Å². The lowest BCUT2D eigenvalue weighted by Crippen LogP contribution is -2.41. The van der Waals surface area contributed by atoms with Gasteiger partial charge in [-0.05, 0) is 38.9 Å². The summed E-state index contributed by atoms with van der Waals surface area (Å²) in [6, 6.07) is 0. The van der Waals surface area contributed by atoms with Crippen LogP contribution >= 0.6 is 0 Å². The van der Waals surface area contributed by atoms with E-state index in [9.17, 15) is 9.59 Å². The van der Waals surface area contributed by atoms with Gasteiger partial charge in [-0.1, -0.05) is 0 Å². The lowest BCUT2D eigenvalue weighted by atomic mass is 9.97. The molecule has 0 atom stereocenters. The van der Waals surface area contributed by atoms with Crippen LogP contribution in [0.5, 0.6) is 0 Å². The van der Waals surface area contributed by atoms with Gasteiger partial charge in [0.1, 0.15) is 0 Å². The number of methoxy groups -OCH3 is 1. The Bertz CT molecular complexity index is 348. The van der Waals surface area contributed by atoms with E-state index < -0.39 is 0 Å². The number of esters is 1. The minimum atomic E-state index is -0.0860. The van der Waals surface area contributed by atoms with Crippen molar-refractivity contribution < 1.29 is 19.1 Å². The minimum Gasteiger partial charge on any atom is -0.469 e. The molecule has 2 aliphatic rings. The molecule has 0 unspecified atom stereocenters. The van der Waals surface area contributed by atoms with Gasteiger partial charge in [0.15, 0.2) is 0 Å². The quantitative estimate of drug-likeness (QED) is 0.692. The van der Waals surface area contributed by atoms with Crippen molar-refractivity contribution >= 4 is 11.9 Å². The SMILES string of the molecule is COC(=O)C1CCN(CCCC(=O)N2CCOCC2)CC1. The molecule has 0 aliphatic carbocycles. The third-order valence-electron chi connectivity index (χ3n) is 4.35. The highest BCUT2D eigenvalue weighted by Gasteiger charge is 2.25. The predicted molar refractivity (Wildman–Crippen MR) is 77.8 cm³/mol. The summed E-state index contributed by atoms with van der Waals surface area (Å²) in [5.41, 5.74) is 0. The molecular weight excluding hydrogens is 272 g/mol. The summed E-state index contributed by atoms with van der Waals surface area (Å²) in [6.07, 6.45) is 3.23. The van der Waals surface area contributed by atoms with Gasteiger partial charge in [-0.3, -0.25) is 9.59 Å². The normalized spacial score (nSPS) is 21.3. The highest BCUT2D eigenvalue weighted by molar-refractivity contribution is 5.76. The fraction of sp³-hybridized carbons (Fsp3) is 0.867. The summed E-state index contributed by atoms with van der Waals surface area (Å²) in [5.74, 6) is 0.209. The molecule has 21 heavy (non-hydrogen) atoms. The molecule has 0 aromatic carbocycles. The van der Waals surface area contributed by atoms with Crippen LogP contribution in [0, 0.1) is 5.92 Å². The molecule has 2 heterocycles. The second kappa shape index (κ2) is 8.34. The summed E-state index contributed by atoms with van der Waals surface area (Å²) < 4.78 is 10.0. The van der Waals surface area contributed by atoms with Crippen LogP contribution in [-0.2, 0) is 19.1 Å². The Morgan fingerprint density at radius 1 is 1.14 bits per heavy atom. The summed E-state index contributed by atoms with van der Waals surface area (Å²) in [6.45, 7) is 5.55. The van der Waals surface area contributed by atoms with Crippen LogP contribution in [0.15, 0.2) is 0 Å². The van der Waals surface area contributed by atoms with Crippen LogP contribution in [0.2, 0.25) is 0 Å². The van der Waals surface area contributed by atoms with E-state index in [0.29, 0.717) is 19.6 Å². The number of ether oxygens (including phenoxy) is 2. The Balaban J connectivity index is 1.59. The molecule has 0 aromatic heterocycles. The van der Waals surface area contributed by atoms with Gasteiger partial charge in [-0.15, -0.1) is 0 Å². The monoisotopic (exact) mass is 298 g/mol. The molecule has 2 fully saturated rings. The fourth-order valence-corrected chi connectivity index (χ4v) is 2.98. The number of morpholine rings is 1. The van der Waals surface area contributed by atoms with Crippen LogP contribution < -0.4 is 0 Å². The minimum absolute atomic E-state index is 0.0567. The number of carbonyl (C=O) groups is 2. The molecule has 0 saturated carbocycles. The third-order valence-corrected chi connectivity index (χ3v) is 4.35. The zero-order valence-corrected chi connectivity index (χ0v) is 12.9. The van der Waals surface area contributed by atoms with Crippen molar-refractivity contribution in [3.05, 3.63) is 0 Å². The molecule has 0 radical (unpaired) electrons. The number of amides is 1. The van der Waals surface area contributed by atoms with Crippen molar-refractivity contribution in [3.8, 4) is 0 Å². The second-order valence-corrected chi connectivity index (χ2v) is 5.74. The van der Waals surface area contributed by atoms with E-state index in [0.717, 1.165) is 52.0 Å². The Labute approximate surface area is 126 Å². The van der Waals surface area contributed by atoms with Crippen molar-refractivity contribution in [3.63, 3.8) is 0 Å². The number of hydrogen-bond acceptors (Lipinski definition) is 5. The predicted octanol–water partition coefficient (Wildman–Crippen LogP) is 0.510. The molecule has 0 N–H and O–H groups in total. The van der Waals surface area contributed by atoms with Gasteiger partial charge in [0.05, 0.1) is 26.2 Å². The van der Waals surface area contributed by atoms with Crippen LogP contribution in [0.4, 0.5) is 0 Å². The van der Waals surface area contributed by atoms with E-state index in [4.69, 9.17) is 9.47 Å². The molecule has 2 saturated heterocycles. The average Bonchev–Trinajstić information content (AvgIpc) is 2.55. The van der Waals surface area contributed by atoms with Gasteiger partial charge >= 0.3 is 5.97 Å². The Morgan fingerprint density at radius 3 is 2.43 bits per heavy atom. The molecule has 1 amide bonds. The second-order valence-electron chi connectivity index (χ2n) is 5.74. The first-order valence-electron chi connectivity index (χ1n) is 7.86. The average molecular weight is 298 g/mol. The first-order chi connectivity index (χ1) is 10.2. The number of rotatable bonds is 5. The Morgan fingerprint density at radius 2 is 1.81 bits per heavy atom. The highest BCUT2D eigenvalue weighted by atomic mass is 16.5. The molecule has 6 heteroatoms. The number of piperidine rings is 1. The molecule has 0 spiro atoms. The van der Waals surface area contributed by atoms with Crippen LogP contribution in [0.1, 0.15) is 25.7 Å². The van der Waals surface area contributed by atoms with Crippen LogP contribution in [0.25, 0.3) is 0 Å². The Kier molecular flexibility index (Phi) is 6.45. The molecule has 2 aliphatic heterocycles. The van der Waals surface area contributed by atoms with Crippen molar-refractivity contribution in [2.75, 3.05) is 53.0 Å². The van der Waals surface area contributed by atoms with E-state index in [-0.39, 0.29) is 17.8 Å². The Hall–Kier alpha value is -1.14. The van der Waals surface area contributed by atoms with E-state index in [1.165, 1.54) is 7.11 Å². The molecule has 2 rings (SSSR count). The maximum Gasteiger partial charge on any atom is 0.308 e. The molecular formula is C15H26N2O4. The molecule has 0 aromatic rings. The molecule has 120 valence electrons. The van der Waals surface area contributed by atoms with Gasteiger partial charge in [0, 0.05) is 19.5 Å². The number of carbonyl (C=O) groups excluding carboxylic acids is 2. The third kappa shape index (κ3) is 4.97. The van der Waals surface area contributed by atoms with Crippen LogP contribution in [-0.4, -0.2) is 74.7 Å². The van der Waals surface area contributed by atoms with E-state index in [1.54, 1.807) is 0 Å². The lowest BCUT2D eigenvalue weighted by molar-refractivity contribution is -0.147. The standard InChI is InChI=1S/C15H26N2O4/c1-20-15(19)13-4-7-16(8-5-13)6-2-3-14(18)17-9-11-21-12-10-17/h13H,2-12H2,1H3. The van der Waals surface area contributed by atoms with Gasteiger partial charge in [-0.2, -0.15) is 0 Å². The van der Waals surface area contributed by atoms with E-state index in [2.05, 4.69) is 4.90 Å². The summed E-state index contributed by atoms with van der Waals surface area (Å²) in [7, 11) is 1.45. The van der Waals surface area contributed by atoms with Gasteiger partial charge in [0.25, 0.3) is 0 Å². The van der Waals surface area contributed by atoms with Crippen LogP contribution in [0.3, 0.4) is 0 Å². The zero-order chi connectivity index (χ0) is 15.1. The fourth-order valence-electron chi connectivity index (χ4n) is 2.98. The first-order valence-corrected chi connectivity index (χ1v) is 7.86. The lowest BCUT2D eigenvalue weighted by Gasteiger charge is -2.31. The first kappa shape index (κ1) is 16.2. The summed E-state index contributed by atoms with van der Waals surface area (Å²) in [4.78, 5) is 27.7.